The second-order valence-corrected chi connectivity index (χ2v) is 9.08. The lowest BCUT2D eigenvalue weighted by atomic mass is 9.93. The Morgan fingerprint density at radius 1 is 1.15 bits per heavy atom. The normalized spacial score (nSPS) is 18.7. The zero-order valence-corrected chi connectivity index (χ0v) is 19.4. The Balaban J connectivity index is 1.34. The lowest BCUT2D eigenvalue weighted by Gasteiger charge is -2.37. The molecule has 5 rings (SSSR count). The SMILES string of the molecule is CN1CCC(NC(=O)c2ccccc2)CC1c1[nH]nc2cc(Nc3ccc(F)cc3Cl)ccc12. The highest BCUT2D eigenvalue weighted by atomic mass is 35.5. The Kier molecular flexibility index (Phi) is 6.22. The number of piperidine rings is 1. The number of nitrogens with one attached hydrogen (secondary N) is 3. The molecule has 0 bridgehead atoms. The van der Waals surface area contributed by atoms with Crippen molar-refractivity contribution in [3.63, 3.8) is 0 Å². The van der Waals surface area contributed by atoms with Gasteiger partial charge in [0.2, 0.25) is 0 Å². The first-order chi connectivity index (χ1) is 16.5. The molecule has 8 heteroatoms. The molecule has 4 aromatic rings. The van der Waals surface area contributed by atoms with Crippen LogP contribution in [-0.2, 0) is 0 Å². The number of anilines is 2. The number of H-pyrrole nitrogens is 1. The molecule has 174 valence electrons. The van der Waals surface area contributed by atoms with Crippen LogP contribution in [0.2, 0.25) is 5.02 Å². The second-order valence-electron chi connectivity index (χ2n) is 8.68. The van der Waals surface area contributed by atoms with E-state index < -0.39 is 0 Å². The number of likely N-dealkylation sites (tertiary alicyclic amines) is 1. The monoisotopic (exact) mass is 477 g/mol. The first-order valence-electron chi connectivity index (χ1n) is 11.2. The molecule has 0 saturated carbocycles. The lowest BCUT2D eigenvalue weighted by molar-refractivity contribution is 0.0887. The number of rotatable bonds is 5. The van der Waals surface area contributed by atoms with Crippen LogP contribution in [-0.4, -0.2) is 40.6 Å². The van der Waals surface area contributed by atoms with Crippen molar-refractivity contribution in [1.82, 2.24) is 20.4 Å². The summed E-state index contributed by atoms with van der Waals surface area (Å²) in [6, 6.07) is 19.7. The summed E-state index contributed by atoms with van der Waals surface area (Å²) in [4.78, 5) is 14.9. The van der Waals surface area contributed by atoms with Crippen LogP contribution in [0, 0.1) is 5.82 Å². The minimum Gasteiger partial charge on any atom is -0.354 e. The zero-order chi connectivity index (χ0) is 23.7. The Hall–Kier alpha value is -3.42. The third-order valence-electron chi connectivity index (χ3n) is 6.37. The van der Waals surface area contributed by atoms with Crippen molar-refractivity contribution >= 4 is 39.8 Å². The number of amides is 1. The molecule has 3 aromatic carbocycles. The first-order valence-corrected chi connectivity index (χ1v) is 11.6. The van der Waals surface area contributed by atoms with Gasteiger partial charge in [0.15, 0.2) is 0 Å². The fourth-order valence-electron chi connectivity index (χ4n) is 4.52. The van der Waals surface area contributed by atoms with Crippen LogP contribution in [0.4, 0.5) is 15.8 Å². The van der Waals surface area contributed by atoms with Gasteiger partial charge in [-0.2, -0.15) is 5.10 Å². The first kappa shape index (κ1) is 22.4. The number of fused-ring (bicyclic) bond motifs is 1. The standard InChI is InChI=1S/C26H25ClFN5O/c1-33-12-11-19(30-26(34)16-5-3-2-4-6-16)15-24(33)25-20-9-8-18(14-23(20)31-32-25)29-22-10-7-17(28)13-21(22)27/h2-10,13-14,19,24,29H,11-12,15H2,1H3,(H,30,34)(H,31,32). The van der Waals surface area contributed by atoms with Crippen LogP contribution in [0.3, 0.4) is 0 Å². The molecule has 0 radical (unpaired) electrons. The molecule has 2 unspecified atom stereocenters. The van der Waals surface area contributed by atoms with Gasteiger partial charge in [0.25, 0.3) is 5.91 Å². The highest BCUT2D eigenvalue weighted by Crippen LogP contribution is 2.34. The van der Waals surface area contributed by atoms with Crippen molar-refractivity contribution < 1.29 is 9.18 Å². The highest BCUT2D eigenvalue weighted by molar-refractivity contribution is 6.33. The molecule has 2 atom stereocenters. The number of hydrogen-bond donors (Lipinski definition) is 3. The Morgan fingerprint density at radius 2 is 1.97 bits per heavy atom. The molecular weight excluding hydrogens is 453 g/mol. The van der Waals surface area contributed by atoms with Gasteiger partial charge in [-0.1, -0.05) is 29.8 Å². The molecule has 1 amide bonds. The molecule has 2 heterocycles. The molecule has 1 fully saturated rings. The second kappa shape index (κ2) is 9.44. The summed E-state index contributed by atoms with van der Waals surface area (Å²) >= 11 is 6.15. The maximum absolute atomic E-state index is 13.3. The van der Waals surface area contributed by atoms with Crippen molar-refractivity contribution in [2.75, 3.05) is 18.9 Å². The highest BCUT2D eigenvalue weighted by Gasteiger charge is 2.30. The Labute approximate surface area is 202 Å². The summed E-state index contributed by atoms with van der Waals surface area (Å²) in [6.45, 7) is 0.869. The molecule has 1 aliphatic rings. The van der Waals surface area contributed by atoms with E-state index in [-0.39, 0.29) is 23.8 Å². The van der Waals surface area contributed by atoms with E-state index in [1.165, 1.54) is 12.1 Å². The predicted molar refractivity (Wildman–Crippen MR) is 133 cm³/mol. The topological polar surface area (TPSA) is 73.0 Å². The molecule has 1 aliphatic heterocycles. The summed E-state index contributed by atoms with van der Waals surface area (Å²) in [5.74, 6) is -0.420. The van der Waals surface area contributed by atoms with Crippen molar-refractivity contribution in [3.05, 3.63) is 88.8 Å². The van der Waals surface area contributed by atoms with E-state index in [2.05, 4.69) is 32.8 Å². The molecule has 1 saturated heterocycles. The minimum absolute atomic E-state index is 0.0430. The van der Waals surface area contributed by atoms with E-state index in [0.29, 0.717) is 16.3 Å². The van der Waals surface area contributed by atoms with E-state index in [1.807, 2.05) is 48.5 Å². The van der Waals surface area contributed by atoms with Crippen LogP contribution >= 0.6 is 11.6 Å². The molecule has 34 heavy (non-hydrogen) atoms. The number of benzene rings is 3. The summed E-state index contributed by atoms with van der Waals surface area (Å²) in [7, 11) is 2.10. The summed E-state index contributed by atoms with van der Waals surface area (Å²) in [5.41, 5.74) is 3.96. The third kappa shape index (κ3) is 4.62. The van der Waals surface area contributed by atoms with Crippen LogP contribution in [0.5, 0.6) is 0 Å². The molecule has 1 aromatic heterocycles. The van der Waals surface area contributed by atoms with Gasteiger partial charge in [-0.3, -0.25) is 14.8 Å². The average molecular weight is 478 g/mol. The predicted octanol–water partition coefficient (Wildman–Crippen LogP) is 5.66. The number of hydrogen-bond acceptors (Lipinski definition) is 4. The van der Waals surface area contributed by atoms with Crippen molar-refractivity contribution in [2.24, 2.45) is 0 Å². The Bertz CT molecular complexity index is 1330. The fourth-order valence-corrected chi connectivity index (χ4v) is 4.74. The van der Waals surface area contributed by atoms with E-state index in [0.717, 1.165) is 41.7 Å². The maximum Gasteiger partial charge on any atom is 0.251 e. The molecule has 6 nitrogen and oxygen atoms in total. The quantitative estimate of drug-likeness (QED) is 0.346. The average Bonchev–Trinajstić information content (AvgIpc) is 3.26. The van der Waals surface area contributed by atoms with Crippen molar-refractivity contribution in [3.8, 4) is 0 Å². The fraction of sp³-hybridized carbons (Fsp3) is 0.231. The van der Waals surface area contributed by atoms with Crippen LogP contribution in [0.15, 0.2) is 66.7 Å². The van der Waals surface area contributed by atoms with Gasteiger partial charge >= 0.3 is 0 Å². The third-order valence-corrected chi connectivity index (χ3v) is 6.68. The van der Waals surface area contributed by atoms with Crippen LogP contribution in [0.25, 0.3) is 10.9 Å². The van der Waals surface area contributed by atoms with Gasteiger partial charge in [0.1, 0.15) is 5.82 Å². The number of aromatic nitrogens is 2. The summed E-state index contributed by atoms with van der Waals surface area (Å²) < 4.78 is 13.3. The van der Waals surface area contributed by atoms with Crippen molar-refractivity contribution in [1.29, 1.82) is 0 Å². The maximum atomic E-state index is 13.3. The lowest BCUT2D eigenvalue weighted by Crippen LogP contribution is -2.45. The van der Waals surface area contributed by atoms with Gasteiger partial charge in [0, 0.05) is 29.2 Å². The van der Waals surface area contributed by atoms with Gasteiger partial charge in [-0.15, -0.1) is 0 Å². The van der Waals surface area contributed by atoms with Gasteiger partial charge in [0.05, 0.1) is 28.0 Å². The number of carbonyl (C=O) groups is 1. The number of nitrogens with zero attached hydrogens (tertiary/aromatic N) is 2. The Morgan fingerprint density at radius 3 is 2.76 bits per heavy atom. The summed E-state index contributed by atoms with van der Waals surface area (Å²) in [5, 5.41) is 15.5. The molecule has 0 aliphatic carbocycles. The largest absolute Gasteiger partial charge is 0.354 e. The molecular formula is C26H25ClFN5O. The summed E-state index contributed by atoms with van der Waals surface area (Å²) in [6.07, 6.45) is 1.68. The van der Waals surface area contributed by atoms with E-state index in [9.17, 15) is 9.18 Å². The van der Waals surface area contributed by atoms with Crippen LogP contribution in [0.1, 0.15) is 34.9 Å². The van der Waals surface area contributed by atoms with E-state index >= 15 is 0 Å². The van der Waals surface area contributed by atoms with Crippen LogP contribution < -0.4 is 10.6 Å². The number of carbonyl (C=O) groups excluding carboxylic acids is 1. The number of halogens is 2. The molecule has 0 spiro atoms. The zero-order valence-electron chi connectivity index (χ0n) is 18.7. The van der Waals surface area contributed by atoms with Gasteiger partial charge < -0.3 is 10.6 Å². The minimum atomic E-state index is -0.377. The van der Waals surface area contributed by atoms with E-state index in [4.69, 9.17) is 11.6 Å². The van der Waals surface area contributed by atoms with Gasteiger partial charge in [-0.25, -0.2) is 4.39 Å². The number of aromatic amines is 1. The molecule has 3 N–H and O–H groups in total. The smallest absolute Gasteiger partial charge is 0.251 e. The van der Waals surface area contributed by atoms with E-state index in [1.54, 1.807) is 6.07 Å². The van der Waals surface area contributed by atoms with Crippen molar-refractivity contribution in [2.45, 2.75) is 24.9 Å². The van der Waals surface area contributed by atoms with Gasteiger partial charge in [-0.05, 0) is 68.4 Å².